The van der Waals surface area contributed by atoms with Crippen molar-refractivity contribution in [3.8, 4) is 5.75 Å². The highest BCUT2D eigenvalue weighted by atomic mass is 32.1. The van der Waals surface area contributed by atoms with Gasteiger partial charge in [0.25, 0.3) is 11.8 Å². The maximum atomic E-state index is 12.3. The number of amides is 2. The van der Waals surface area contributed by atoms with Crippen LogP contribution in [0.4, 0.5) is 18.9 Å². The van der Waals surface area contributed by atoms with Crippen LogP contribution in [0.5, 0.6) is 5.75 Å². The summed E-state index contributed by atoms with van der Waals surface area (Å²) in [6, 6.07) is 15.5. The molecule has 0 saturated carbocycles. The van der Waals surface area contributed by atoms with Crippen molar-refractivity contribution >= 4 is 28.8 Å². The lowest BCUT2D eigenvalue weighted by atomic mass is 10.1. The van der Waals surface area contributed by atoms with E-state index in [4.69, 9.17) is 0 Å². The van der Waals surface area contributed by atoms with Gasteiger partial charge < -0.3 is 15.4 Å². The molecule has 0 unspecified atom stereocenters. The first-order valence-electron chi connectivity index (χ1n) is 8.88. The molecule has 0 bridgehead atoms. The van der Waals surface area contributed by atoms with Crippen LogP contribution in [0, 0.1) is 0 Å². The van der Waals surface area contributed by atoms with Crippen LogP contribution >= 0.6 is 11.3 Å². The number of carbonyl (C=O) groups excluding carboxylic acids is 2. The average Bonchev–Trinajstić information content (AvgIpc) is 3.23. The molecule has 0 radical (unpaired) electrons. The lowest BCUT2D eigenvalue weighted by Gasteiger charge is -2.10. The van der Waals surface area contributed by atoms with E-state index in [9.17, 15) is 22.8 Å². The second-order valence-electron chi connectivity index (χ2n) is 6.21. The van der Waals surface area contributed by atoms with Crippen molar-refractivity contribution in [1.29, 1.82) is 0 Å². The van der Waals surface area contributed by atoms with Gasteiger partial charge in [0, 0.05) is 17.8 Å². The molecule has 3 aromatic rings. The fourth-order valence-electron chi connectivity index (χ4n) is 2.62. The van der Waals surface area contributed by atoms with E-state index in [1.165, 1.54) is 35.6 Å². The molecule has 0 aliphatic heterocycles. The Kier molecular flexibility index (Phi) is 6.73. The second kappa shape index (κ2) is 9.45. The van der Waals surface area contributed by atoms with Crippen molar-refractivity contribution in [3.05, 3.63) is 82.0 Å². The monoisotopic (exact) mass is 434 g/mol. The third kappa shape index (κ3) is 6.35. The molecule has 3 rings (SSSR count). The first-order valence-corrected chi connectivity index (χ1v) is 9.76. The van der Waals surface area contributed by atoms with Gasteiger partial charge in [0.05, 0.1) is 4.88 Å². The molecule has 1 aromatic heterocycles. The van der Waals surface area contributed by atoms with Crippen LogP contribution < -0.4 is 15.4 Å². The lowest BCUT2D eigenvalue weighted by molar-refractivity contribution is -0.274. The zero-order valence-electron chi connectivity index (χ0n) is 15.5. The molecule has 2 aromatic carbocycles. The van der Waals surface area contributed by atoms with E-state index < -0.39 is 6.36 Å². The number of thiophene rings is 1. The van der Waals surface area contributed by atoms with Crippen LogP contribution in [0.1, 0.15) is 25.6 Å². The minimum absolute atomic E-state index is 0.250. The topological polar surface area (TPSA) is 67.4 Å². The van der Waals surface area contributed by atoms with Crippen LogP contribution in [0.15, 0.2) is 66.0 Å². The molecule has 156 valence electrons. The third-order valence-corrected chi connectivity index (χ3v) is 4.85. The molecule has 9 heteroatoms. The minimum atomic E-state index is -4.73. The van der Waals surface area contributed by atoms with Crippen LogP contribution in [-0.2, 0) is 6.42 Å². The summed E-state index contributed by atoms with van der Waals surface area (Å²) in [6.07, 6.45) is -4.29. The zero-order valence-corrected chi connectivity index (χ0v) is 16.3. The fourth-order valence-corrected chi connectivity index (χ4v) is 3.24. The number of ether oxygens (including phenoxy) is 1. The van der Waals surface area contributed by atoms with E-state index in [1.54, 1.807) is 41.8 Å². The number of nitrogens with one attached hydrogen (secondary N) is 2. The normalized spacial score (nSPS) is 11.0. The number of alkyl halides is 3. The van der Waals surface area contributed by atoms with Crippen LogP contribution in [0.2, 0.25) is 0 Å². The van der Waals surface area contributed by atoms with E-state index in [2.05, 4.69) is 15.4 Å². The van der Waals surface area contributed by atoms with Crippen LogP contribution in [-0.4, -0.2) is 24.7 Å². The number of hydrogen-bond donors (Lipinski definition) is 2. The van der Waals surface area contributed by atoms with Crippen molar-refractivity contribution in [3.63, 3.8) is 0 Å². The lowest BCUT2D eigenvalue weighted by Crippen LogP contribution is -2.25. The SMILES string of the molecule is O=C(NCCc1ccc(OC(F)(F)F)cc1)c1cccc(NC(=O)c2cccs2)c1. The molecule has 0 aliphatic carbocycles. The van der Waals surface area contributed by atoms with Gasteiger partial charge in [0.15, 0.2) is 0 Å². The highest BCUT2D eigenvalue weighted by molar-refractivity contribution is 7.12. The highest BCUT2D eigenvalue weighted by Gasteiger charge is 2.30. The van der Waals surface area contributed by atoms with Gasteiger partial charge in [-0.15, -0.1) is 24.5 Å². The van der Waals surface area contributed by atoms with Crippen molar-refractivity contribution in [2.75, 3.05) is 11.9 Å². The number of rotatable bonds is 7. The third-order valence-electron chi connectivity index (χ3n) is 3.98. The first-order chi connectivity index (χ1) is 14.3. The summed E-state index contributed by atoms with van der Waals surface area (Å²) >= 11 is 1.32. The Morgan fingerprint density at radius 2 is 1.73 bits per heavy atom. The Hall–Kier alpha value is -3.33. The molecule has 0 atom stereocenters. The Labute approximate surface area is 174 Å². The number of carbonyl (C=O) groups is 2. The summed E-state index contributed by atoms with van der Waals surface area (Å²) in [6.45, 7) is 0.296. The highest BCUT2D eigenvalue weighted by Crippen LogP contribution is 2.22. The summed E-state index contributed by atoms with van der Waals surface area (Å²) in [5.74, 6) is -0.864. The maximum Gasteiger partial charge on any atom is 0.573 e. The van der Waals surface area contributed by atoms with Gasteiger partial charge in [-0.3, -0.25) is 9.59 Å². The van der Waals surface area contributed by atoms with Crippen molar-refractivity contribution < 1.29 is 27.5 Å². The summed E-state index contributed by atoms with van der Waals surface area (Å²) in [5, 5.41) is 7.29. The van der Waals surface area contributed by atoms with E-state index in [1.807, 2.05) is 0 Å². The second-order valence-corrected chi connectivity index (χ2v) is 7.16. The molecule has 5 nitrogen and oxygen atoms in total. The molecule has 0 fully saturated rings. The fraction of sp³-hybridized carbons (Fsp3) is 0.143. The molecular weight excluding hydrogens is 417 g/mol. The Bertz CT molecular complexity index is 1000. The van der Waals surface area contributed by atoms with E-state index >= 15 is 0 Å². The molecule has 2 N–H and O–H groups in total. The Morgan fingerprint density at radius 1 is 0.967 bits per heavy atom. The van der Waals surface area contributed by atoms with E-state index in [0.29, 0.717) is 29.1 Å². The number of hydrogen-bond acceptors (Lipinski definition) is 4. The Morgan fingerprint density at radius 3 is 2.40 bits per heavy atom. The predicted octanol–water partition coefficient (Wildman–Crippen LogP) is 4.87. The van der Waals surface area contributed by atoms with E-state index in [0.717, 1.165) is 5.56 Å². The Balaban J connectivity index is 1.51. The predicted molar refractivity (Wildman–Crippen MR) is 108 cm³/mol. The van der Waals surface area contributed by atoms with Gasteiger partial charge in [-0.25, -0.2) is 0 Å². The van der Waals surface area contributed by atoms with Gasteiger partial charge in [-0.05, 0) is 53.8 Å². The van der Waals surface area contributed by atoms with Crippen LogP contribution in [0.25, 0.3) is 0 Å². The zero-order chi connectivity index (χ0) is 21.6. The first kappa shape index (κ1) is 21.4. The van der Waals surface area contributed by atoms with Gasteiger partial charge >= 0.3 is 6.36 Å². The van der Waals surface area contributed by atoms with Crippen molar-refractivity contribution in [2.24, 2.45) is 0 Å². The molecule has 1 heterocycles. The molecule has 0 aliphatic rings. The summed E-state index contributed by atoms with van der Waals surface area (Å²) in [4.78, 5) is 25.0. The minimum Gasteiger partial charge on any atom is -0.406 e. The number of halogens is 3. The van der Waals surface area contributed by atoms with Gasteiger partial charge in [0.1, 0.15) is 5.75 Å². The van der Waals surface area contributed by atoms with Crippen molar-refractivity contribution in [1.82, 2.24) is 5.32 Å². The molecule has 0 saturated heterocycles. The maximum absolute atomic E-state index is 12.3. The van der Waals surface area contributed by atoms with Crippen molar-refractivity contribution in [2.45, 2.75) is 12.8 Å². The standard InChI is InChI=1S/C21H17F3N2O3S/c22-21(23,24)29-17-8-6-14(7-9-17)10-11-25-19(27)15-3-1-4-16(13-15)26-20(28)18-5-2-12-30-18/h1-9,12-13H,10-11H2,(H,25,27)(H,26,28). The summed E-state index contributed by atoms with van der Waals surface area (Å²) < 4.78 is 40.3. The van der Waals surface area contributed by atoms with Gasteiger partial charge in [-0.1, -0.05) is 24.3 Å². The average molecular weight is 434 g/mol. The van der Waals surface area contributed by atoms with E-state index in [-0.39, 0.29) is 17.6 Å². The molecule has 30 heavy (non-hydrogen) atoms. The van der Waals surface area contributed by atoms with Gasteiger partial charge in [-0.2, -0.15) is 0 Å². The molecular formula is C21H17F3N2O3S. The number of benzene rings is 2. The largest absolute Gasteiger partial charge is 0.573 e. The quantitative estimate of drug-likeness (QED) is 0.558. The smallest absolute Gasteiger partial charge is 0.406 e. The summed E-state index contributed by atoms with van der Waals surface area (Å²) in [7, 11) is 0. The van der Waals surface area contributed by atoms with Gasteiger partial charge in [0.2, 0.25) is 0 Å². The number of anilines is 1. The molecule has 0 spiro atoms. The summed E-state index contributed by atoms with van der Waals surface area (Å²) in [5.41, 5.74) is 1.64. The molecule has 2 amide bonds. The van der Waals surface area contributed by atoms with Crippen LogP contribution in [0.3, 0.4) is 0 Å².